The third-order valence-corrected chi connectivity index (χ3v) is 6.06. The Kier molecular flexibility index (Phi) is 6.11. The second-order valence-electron chi connectivity index (χ2n) is 7.57. The van der Waals surface area contributed by atoms with Crippen LogP contribution in [0.1, 0.15) is 22.8 Å². The Morgan fingerprint density at radius 2 is 1.76 bits per heavy atom. The molecule has 0 amide bonds. The molecular weight excluding hydrogens is 388 g/mol. The second-order valence-corrected chi connectivity index (χ2v) is 8.01. The summed E-state index contributed by atoms with van der Waals surface area (Å²) in [5.74, 6) is 1.32. The predicted molar refractivity (Wildman–Crippen MR) is 116 cm³/mol. The van der Waals surface area contributed by atoms with E-state index in [0.717, 1.165) is 48.9 Å². The van der Waals surface area contributed by atoms with Crippen LogP contribution in [-0.4, -0.2) is 61.3 Å². The van der Waals surface area contributed by atoms with Gasteiger partial charge < -0.3 is 14.6 Å². The van der Waals surface area contributed by atoms with E-state index in [0.29, 0.717) is 11.5 Å². The third kappa shape index (κ3) is 4.28. The molecule has 2 atom stereocenters. The smallest absolute Gasteiger partial charge is 0.161 e. The van der Waals surface area contributed by atoms with E-state index in [1.807, 2.05) is 30.3 Å². The summed E-state index contributed by atoms with van der Waals surface area (Å²) < 4.78 is 10.8. The molecule has 1 aliphatic heterocycles. The SMILES string of the molecule is COc1cc2c(cc1OC)[C@@H](O)[C@H](N1CCN(Cc3cccc(Cl)c3)CC1)C=C2. The fourth-order valence-electron chi connectivity index (χ4n) is 4.24. The van der Waals surface area contributed by atoms with Gasteiger partial charge in [-0.05, 0) is 41.0 Å². The number of rotatable bonds is 5. The first kappa shape index (κ1) is 20.2. The zero-order chi connectivity index (χ0) is 20.4. The molecule has 1 N–H and O–H groups in total. The van der Waals surface area contributed by atoms with E-state index in [2.05, 4.69) is 28.0 Å². The van der Waals surface area contributed by atoms with Gasteiger partial charge >= 0.3 is 0 Å². The molecule has 1 saturated heterocycles. The molecule has 2 aromatic carbocycles. The van der Waals surface area contributed by atoms with Gasteiger partial charge in [0.25, 0.3) is 0 Å². The highest BCUT2D eigenvalue weighted by Gasteiger charge is 2.32. The van der Waals surface area contributed by atoms with Gasteiger partial charge in [0.05, 0.1) is 26.4 Å². The molecule has 1 heterocycles. The number of halogens is 1. The van der Waals surface area contributed by atoms with Crippen molar-refractivity contribution in [2.45, 2.75) is 18.7 Å². The molecule has 0 saturated carbocycles. The summed E-state index contributed by atoms with van der Waals surface area (Å²) in [5, 5.41) is 11.9. The number of ether oxygens (including phenoxy) is 2. The number of piperazine rings is 1. The van der Waals surface area contributed by atoms with Crippen molar-refractivity contribution in [1.82, 2.24) is 9.80 Å². The van der Waals surface area contributed by atoms with Gasteiger partial charge in [0.2, 0.25) is 0 Å². The van der Waals surface area contributed by atoms with Gasteiger partial charge in [-0.2, -0.15) is 0 Å². The summed E-state index contributed by atoms with van der Waals surface area (Å²) in [6, 6.07) is 11.8. The largest absolute Gasteiger partial charge is 0.493 e. The number of aliphatic hydroxyl groups excluding tert-OH is 1. The normalized spacial score (nSPS) is 22.3. The van der Waals surface area contributed by atoms with Gasteiger partial charge in [-0.3, -0.25) is 9.80 Å². The van der Waals surface area contributed by atoms with Crippen LogP contribution in [-0.2, 0) is 6.54 Å². The number of nitrogens with zero attached hydrogens (tertiary/aromatic N) is 2. The van der Waals surface area contributed by atoms with E-state index < -0.39 is 6.10 Å². The number of benzene rings is 2. The van der Waals surface area contributed by atoms with Gasteiger partial charge in [-0.15, -0.1) is 0 Å². The molecule has 0 radical (unpaired) electrons. The number of fused-ring (bicyclic) bond motifs is 1. The zero-order valence-electron chi connectivity index (χ0n) is 16.8. The van der Waals surface area contributed by atoms with Crippen molar-refractivity contribution in [1.29, 1.82) is 0 Å². The topological polar surface area (TPSA) is 45.2 Å². The summed E-state index contributed by atoms with van der Waals surface area (Å²) in [6.45, 7) is 4.65. The molecule has 29 heavy (non-hydrogen) atoms. The number of hydrogen-bond acceptors (Lipinski definition) is 5. The van der Waals surface area contributed by atoms with Gasteiger partial charge in [-0.25, -0.2) is 0 Å². The van der Waals surface area contributed by atoms with Crippen LogP contribution in [0.4, 0.5) is 0 Å². The van der Waals surface area contributed by atoms with Crippen molar-refractivity contribution >= 4 is 17.7 Å². The Bertz CT molecular complexity index is 894. The Hall–Kier alpha value is -2.05. The van der Waals surface area contributed by atoms with Crippen molar-refractivity contribution in [3.63, 3.8) is 0 Å². The van der Waals surface area contributed by atoms with Crippen LogP contribution in [0.25, 0.3) is 6.08 Å². The molecule has 0 unspecified atom stereocenters. The van der Waals surface area contributed by atoms with Crippen LogP contribution >= 0.6 is 11.6 Å². The lowest BCUT2D eigenvalue weighted by molar-refractivity contribution is 0.0362. The van der Waals surface area contributed by atoms with Crippen LogP contribution in [0.15, 0.2) is 42.5 Å². The Labute approximate surface area is 177 Å². The fraction of sp³-hybridized carbons (Fsp3) is 0.391. The van der Waals surface area contributed by atoms with Gasteiger partial charge in [0, 0.05) is 37.7 Å². The molecule has 0 bridgehead atoms. The standard InChI is InChI=1S/C23H27ClN2O3/c1-28-21-13-17-6-7-20(23(27)19(17)14-22(21)29-2)26-10-8-25(9-11-26)15-16-4-3-5-18(24)12-16/h3-7,12-14,20,23,27H,8-11,15H2,1-2H3/t20-,23-/m1/s1. The number of methoxy groups -OCH3 is 2. The summed E-state index contributed by atoms with van der Waals surface area (Å²) in [6.07, 6.45) is 3.59. The molecule has 1 fully saturated rings. The molecule has 4 rings (SSSR count). The molecule has 2 aromatic rings. The maximum Gasteiger partial charge on any atom is 0.161 e. The highest BCUT2D eigenvalue weighted by Crippen LogP contribution is 2.38. The summed E-state index contributed by atoms with van der Waals surface area (Å²) in [7, 11) is 3.24. The van der Waals surface area contributed by atoms with E-state index in [1.165, 1.54) is 5.56 Å². The van der Waals surface area contributed by atoms with Crippen molar-refractivity contribution in [2.24, 2.45) is 0 Å². The lowest BCUT2D eigenvalue weighted by atomic mass is 9.89. The number of hydrogen-bond donors (Lipinski definition) is 1. The molecule has 0 aromatic heterocycles. The monoisotopic (exact) mass is 414 g/mol. The van der Waals surface area contributed by atoms with Crippen LogP contribution < -0.4 is 9.47 Å². The first-order valence-electron chi connectivity index (χ1n) is 9.92. The predicted octanol–water partition coefficient (Wildman–Crippen LogP) is 3.60. The fourth-order valence-corrected chi connectivity index (χ4v) is 4.45. The van der Waals surface area contributed by atoms with Crippen LogP contribution in [0.3, 0.4) is 0 Å². The van der Waals surface area contributed by atoms with E-state index in [9.17, 15) is 5.11 Å². The lowest BCUT2D eigenvalue weighted by Gasteiger charge is -2.41. The molecule has 0 spiro atoms. The Morgan fingerprint density at radius 1 is 1.03 bits per heavy atom. The van der Waals surface area contributed by atoms with Gasteiger partial charge in [-0.1, -0.05) is 35.9 Å². The molecule has 2 aliphatic rings. The first-order valence-corrected chi connectivity index (χ1v) is 10.3. The molecule has 6 heteroatoms. The zero-order valence-corrected chi connectivity index (χ0v) is 17.6. The van der Waals surface area contributed by atoms with Crippen LogP contribution in [0.5, 0.6) is 11.5 Å². The average molecular weight is 415 g/mol. The summed E-state index contributed by atoms with van der Waals surface area (Å²) >= 11 is 6.11. The summed E-state index contributed by atoms with van der Waals surface area (Å²) in [4.78, 5) is 4.79. The first-order chi connectivity index (χ1) is 14.1. The molecule has 1 aliphatic carbocycles. The van der Waals surface area contributed by atoms with E-state index in [-0.39, 0.29) is 6.04 Å². The number of aliphatic hydroxyl groups is 1. The van der Waals surface area contributed by atoms with Crippen molar-refractivity contribution in [3.8, 4) is 11.5 Å². The van der Waals surface area contributed by atoms with Crippen LogP contribution in [0, 0.1) is 0 Å². The Morgan fingerprint density at radius 3 is 2.45 bits per heavy atom. The maximum atomic E-state index is 11.1. The van der Waals surface area contributed by atoms with Crippen molar-refractivity contribution in [2.75, 3.05) is 40.4 Å². The van der Waals surface area contributed by atoms with Crippen LogP contribution in [0.2, 0.25) is 5.02 Å². The minimum atomic E-state index is -0.589. The van der Waals surface area contributed by atoms with Gasteiger partial charge in [0.15, 0.2) is 11.5 Å². The maximum absolute atomic E-state index is 11.1. The third-order valence-electron chi connectivity index (χ3n) is 5.83. The highest BCUT2D eigenvalue weighted by atomic mass is 35.5. The lowest BCUT2D eigenvalue weighted by Crippen LogP contribution is -2.51. The Balaban J connectivity index is 1.42. The minimum absolute atomic E-state index is 0.0334. The quantitative estimate of drug-likeness (QED) is 0.809. The van der Waals surface area contributed by atoms with Crippen molar-refractivity contribution < 1.29 is 14.6 Å². The van der Waals surface area contributed by atoms with E-state index >= 15 is 0 Å². The van der Waals surface area contributed by atoms with Gasteiger partial charge in [0.1, 0.15) is 0 Å². The average Bonchev–Trinajstić information content (AvgIpc) is 2.74. The van der Waals surface area contributed by atoms with E-state index in [1.54, 1.807) is 14.2 Å². The van der Waals surface area contributed by atoms with Crippen molar-refractivity contribution in [3.05, 3.63) is 64.2 Å². The molecule has 154 valence electrons. The summed E-state index contributed by atoms with van der Waals surface area (Å²) in [5.41, 5.74) is 3.10. The molecular formula is C23H27ClN2O3. The molecule has 5 nitrogen and oxygen atoms in total. The second kappa shape index (κ2) is 8.76. The minimum Gasteiger partial charge on any atom is -0.493 e. The van der Waals surface area contributed by atoms with E-state index in [4.69, 9.17) is 21.1 Å². The highest BCUT2D eigenvalue weighted by molar-refractivity contribution is 6.30.